The third-order valence-corrected chi connectivity index (χ3v) is 7.04. The molecule has 0 unspecified atom stereocenters. The molecule has 4 rings (SSSR count). The van der Waals surface area contributed by atoms with E-state index in [0.717, 1.165) is 28.4 Å². The molecule has 2 N–H and O–H groups in total. The average Bonchev–Trinajstić information content (AvgIpc) is 3.12. The molecule has 0 radical (unpaired) electrons. The molecule has 0 fully saturated rings. The van der Waals surface area contributed by atoms with Crippen molar-refractivity contribution in [3.05, 3.63) is 66.2 Å². The van der Waals surface area contributed by atoms with Gasteiger partial charge >= 0.3 is 0 Å². The lowest BCUT2D eigenvalue weighted by atomic mass is 10.1. The van der Waals surface area contributed by atoms with Crippen LogP contribution in [0.15, 0.2) is 65.6 Å². The van der Waals surface area contributed by atoms with Crippen molar-refractivity contribution in [3.63, 3.8) is 0 Å². The highest BCUT2D eigenvalue weighted by Gasteiger charge is 2.21. The van der Waals surface area contributed by atoms with Gasteiger partial charge in [-0.05, 0) is 56.3 Å². The summed E-state index contributed by atoms with van der Waals surface area (Å²) in [5, 5.41) is 5.06. The number of para-hydroxylation sites is 1. The fourth-order valence-corrected chi connectivity index (χ4v) is 5.29. The molecule has 172 valence electrons. The number of aromatic nitrogens is 1. The van der Waals surface area contributed by atoms with E-state index < -0.39 is 15.9 Å². The number of fused-ring (bicyclic) bond motifs is 3. The second-order valence-electron chi connectivity index (χ2n) is 7.54. The lowest BCUT2D eigenvalue weighted by molar-refractivity contribution is 0.102. The number of carbonyl (C=O) groups is 1. The van der Waals surface area contributed by atoms with Crippen LogP contribution in [-0.4, -0.2) is 32.0 Å². The number of sulfonamides is 1. The number of benzene rings is 3. The predicted octanol–water partition coefficient (Wildman–Crippen LogP) is 4.76. The molecular formula is C25H27N3O4S. The fourth-order valence-electron chi connectivity index (χ4n) is 4.08. The Morgan fingerprint density at radius 3 is 2.42 bits per heavy atom. The maximum atomic E-state index is 13.0. The van der Waals surface area contributed by atoms with Gasteiger partial charge in [0.15, 0.2) is 0 Å². The molecule has 7 nitrogen and oxygen atoms in total. The van der Waals surface area contributed by atoms with Crippen LogP contribution < -0.4 is 14.8 Å². The van der Waals surface area contributed by atoms with Gasteiger partial charge in [-0.1, -0.05) is 25.1 Å². The minimum atomic E-state index is -3.80. The van der Waals surface area contributed by atoms with Crippen LogP contribution in [0.2, 0.25) is 0 Å². The number of hydrogen-bond acceptors (Lipinski definition) is 4. The monoisotopic (exact) mass is 465 g/mol. The highest BCUT2D eigenvalue weighted by Crippen LogP contribution is 2.31. The fraction of sp³-hybridized carbons (Fsp3) is 0.240. The Morgan fingerprint density at radius 2 is 1.70 bits per heavy atom. The number of rotatable bonds is 8. The summed E-state index contributed by atoms with van der Waals surface area (Å²) in [5.74, 6) is -0.187. The Labute approximate surface area is 193 Å². The maximum Gasteiger partial charge on any atom is 0.255 e. The lowest BCUT2D eigenvalue weighted by Gasteiger charge is -2.13. The van der Waals surface area contributed by atoms with E-state index in [2.05, 4.69) is 33.7 Å². The van der Waals surface area contributed by atoms with Crippen LogP contribution in [0.1, 0.15) is 31.1 Å². The molecule has 3 aromatic carbocycles. The molecule has 0 aliphatic heterocycles. The summed E-state index contributed by atoms with van der Waals surface area (Å²) < 4.78 is 35.4. The molecule has 1 aromatic heterocycles. The Balaban J connectivity index is 1.70. The summed E-state index contributed by atoms with van der Waals surface area (Å²) >= 11 is 0. The van der Waals surface area contributed by atoms with Crippen LogP contribution >= 0.6 is 0 Å². The van der Waals surface area contributed by atoms with Gasteiger partial charge in [0, 0.05) is 46.1 Å². The van der Waals surface area contributed by atoms with Crippen LogP contribution in [0.3, 0.4) is 0 Å². The first-order valence-corrected chi connectivity index (χ1v) is 12.5. The molecule has 4 aromatic rings. The topological polar surface area (TPSA) is 89.4 Å². The summed E-state index contributed by atoms with van der Waals surface area (Å²) in [6, 6.07) is 18.4. The first-order valence-electron chi connectivity index (χ1n) is 11.0. The number of amides is 1. The highest BCUT2D eigenvalue weighted by molar-refractivity contribution is 7.89. The van der Waals surface area contributed by atoms with Crippen LogP contribution in [0.4, 0.5) is 5.69 Å². The van der Waals surface area contributed by atoms with Gasteiger partial charge < -0.3 is 14.6 Å². The van der Waals surface area contributed by atoms with E-state index in [-0.39, 0.29) is 22.8 Å². The van der Waals surface area contributed by atoms with Gasteiger partial charge in [-0.25, -0.2) is 13.1 Å². The molecular weight excluding hydrogens is 438 g/mol. The highest BCUT2D eigenvalue weighted by atomic mass is 32.2. The maximum absolute atomic E-state index is 13.0. The molecule has 0 aliphatic rings. The van der Waals surface area contributed by atoms with Crippen molar-refractivity contribution in [1.82, 2.24) is 9.29 Å². The lowest BCUT2D eigenvalue weighted by Crippen LogP contribution is -2.24. The van der Waals surface area contributed by atoms with Crippen molar-refractivity contribution < 1.29 is 17.9 Å². The van der Waals surface area contributed by atoms with Crippen LogP contribution in [0, 0.1) is 0 Å². The standard InChI is InChI=1S/C25H27N3O4S/c1-4-26-33(30,31)24-15-17(11-14-23(24)32-6-3)25(29)27-18-12-13-22-20(16-18)19-9-7-8-10-21(19)28(22)5-2/h7-16,26H,4-6H2,1-3H3,(H,27,29). The third kappa shape index (κ3) is 4.31. The number of nitrogens with zero attached hydrogens (tertiary/aromatic N) is 1. The number of aryl methyl sites for hydroxylation is 1. The number of ether oxygens (including phenoxy) is 1. The van der Waals surface area contributed by atoms with Crippen molar-refractivity contribution in [2.75, 3.05) is 18.5 Å². The van der Waals surface area contributed by atoms with Crippen molar-refractivity contribution >= 4 is 43.4 Å². The Hall–Kier alpha value is -3.36. The minimum Gasteiger partial charge on any atom is -0.492 e. The molecule has 0 saturated heterocycles. The van der Waals surface area contributed by atoms with E-state index in [1.807, 2.05) is 30.3 Å². The second-order valence-corrected chi connectivity index (χ2v) is 9.28. The van der Waals surface area contributed by atoms with Crippen LogP contribution in [0.25, 0.3) is 21.8 Å². The molecule has 0 saturated carbocycles. The van der Waals surface area contributed by atoms with Crippen LogP contribution in [-0.2, 0) is 16.6 Å². The van der Waals surface area contributed by atoms with E-state index in [4.69, 9.17) is 4.74 Å². The van der Waals surface area contributed by atoms with Gasteiger partial charge in [-0.3, -0.25) is 4.79 Å². The van der Waals surface area contributed by atoms with Gasteiger partial charge in [0.25, 0.3) is 5.91 Å². The minimum absolute atomic E-state index is 0.0553. The van der Waals surface area contributed by atoms with Crippen molar-refractivity contribution in [2.45, 2.75) is 32.2 Å². The summed E-state index contributed by atoms with van der Waals surface area (Å²) in [6.07, 6.45) is 0. The SMILES string of the molecule is CCNS(=O)(=O)c1cc(C(=O)Nc2ccc3c(c2)c2ccccc2n3CC)ccc1OCC. The Bertz CT molecular complexity index is 1440. The molecule has 0 spiro atoms. The van der Waals surface area contributed by atoms with Crippen LogP contribution in [0.5, 0.6) is 5.75 Å². The zero-order valence-corrected chi connectivity index (χ0v) is 19.7. The summed E-state index contributed by atoms with van der Waals surface area (Å²) in [4.78, 5) is 13.0. The quantitative estimate of drug-likeness (QED) is 0.392. The van der Waals surface area contributed by atoms with E-state index in [9.17, 15) is 13.2 Å². The molecule has 0 atom stereocenters. The van der Waals surface area contributed by atoms with E-state index >= 15 is 0 Å². The first-order chi connectivity index (χ1) is 15.9. The smallest absolute Gasteiger partial charge is 0.255 e. The molecule has 1 heterocycles. The zero-order valence-electron chi connectivity index (χ0n) is 18.9. The summed E-state index contributed by atoms with van der Waals surface area (Å²) in [5.41, 5.74) is 3.10. The van der Waals surface area contributed by atoms with Gasteiger partial charge in [-0.2, -0.15) is 0 Å². The number of anilines is 1. The Kier molecular flexibility index (Phi) is 6.40. The van der Waals surface area contributed by atoms with E-state index in [0.29, 0.717) is 12.3 Å². The normalized spacial score (nSPS) is 11.7. The van der Waals surface area contributed by atoms with Gasteiger partial charge in [0.1, 0.15) is 10.6 Å². The van der Waals surface area contributed by atoms with Crippen molar-refractivity contribution in [1.29, 1.82) is 0 Å². The largest absolute Gasteiger partial charge is 0.492 e. The van der Waals surface area contributed by atoms with Gasteiger partial charge in [-0.15, -0.1) is 0 Å². The number of nitrogens with one attached hydrogen (secondary N) is 2. The molecule has 33 heavy (non-hydrogen) atoms. The molecule has 0 bridgehead atoms. The zero-order chi connectivity index (χ0) is 23.6. The summed E-state index contributed by atoms with van der Waals surface area (Å²) in [7, 11) is -3.80. The number of hydrogen-bond donors (Lipinski definition) is 2. The molecule has 1 amide bonds. The van der Waals surface area contributed by atoms with Gasteiger partial charge in [0.05, 0.1) is 6.61 Å². The summed E-state index contributed by atoms with van der Waals surface area (Å²) in [6.45, 7) is 6.95. The molecule has 8 heteroatoms. The van der Waals surface area contributed by atoms with Crippen molar-refractivity contribution in [2.24, 2.45) is 0 Å². The average molecular weight is 466 g/mol. The molecule has 0 aliphatic carbocycles. The Morgan fingerprint density at radius 1 is 0.939 bits per heavy atom. The van der Waals surface area contributed by atoms with E-state index in [1.165, 1.54) is 12.1 Å². The number of carbonyl (C=O) groups excluding carboxylic acids is 1. The second kappa shape index (κ2) is 9.25. The third-order valence-electron chi connectivity index (χ3n) is 5.48. The van der Waals surface area contributed by atoms with Crippen molar-refractivity contribution in [3.8, 4) is 5.75 Å². The first kappa shape index (κ1) is 22.8. The van der Waals surface area contributed by atoms with Gasteiger partial charge in [0.2, 0.25) is 10.0 Å². The van der Waals surface area contributed by atoms with E-state index in [1.54, 1.807) is 19.9 Å². The predicted molar refractivity (Wildman–Crippen MR) is 132 cm³/mol.